The van der Waals surface area contributed by atoms with Gasteiger partial charge in [0.1, 0.15) is 28.9 Å². The third kappa shape index (κ3) is 3.85. The van der Waals surface area contributed by atoms with Gasteiger partial charge in [-0.2, -0.15) is 0 Å². The van der Waals surface area contributed by atoms with Gasteiger partial charge in [-0.1, -0.05) is 12.0 Å². The number of fused-ring (bicyclic) bond motifs is 5. The molecule has 11 heteroatoms. The minimum atomic E-state index is -1.16. The van der Waals surface area contributed by atoms with Crippen molar-refractivity contribution in [1.29, 1.82) is 0 Å². The number of piperazine rings is 1. The van der Waals surface area contributed by atoms with E-state index in [0.717, 1.165) is 44.5 Å². The lowest BCUT2D eigenvalue weighted by Crippen LogP contribution is -2.44. The van der Waals surface area contributed by atoms with E-state index >= 15 is 8.78 Å². The highest BCUT2D eigenvalue weighted by atomic mass is 19.2. The molecule has 4 fully saturated rings. The lowest BCUT2D eigenvalue weighted by molar-refractivity contribution is 0.255. The Balaban J connectivity index is 1.33. The van der Waals surface area contributed by atoms with Crippen molar-refractivity contribution in [3.63, 3.8) is 0 Å². The van der Waals surface area contributed by atoms with Crippen LogP contribution in [0.4, 0.5) is 23.4 Å². The van der Waals surface area contributed by atoms with Gasteiger partial charge in [-0.05, 0) is 55.3 Å². The number of anilines is 1. The summed E-state index contributed by atoms with van der Waals surface area (Å²) in [5.74, 6) is 3.54. The van der Waals surface area contributed by atoms with Crippen molar-refractivity contribution in [3.8, 4) is 28.8 Å². The molecule has 2 aromatic heterocycles. The number of nitrogens with zero attached hydrogens (tertiary/aromatic N) is 5. The molecule has 4 aliphatic rings. The van der Waals surface area contributed by atoms with Crippen molar-refractivity contribution in [2.45, 2.75) is 49.5 Å². The highest BCUT2D eigenvalue weighted by Gasteiger charge is 2.48. The molecular formula is C31H26F4N6O. The van der Waals surface area contributed by atoms with Gasteiger partial charge >= 0.3 is 0 Å². The van der Waals surface area contributed by atoms with Gasteiger partial charge in [0.2, 0.25) is 5.82 Å². The van der Waals surface area contributed by atoms with Gasteiger partial charge in [0.15, 0.2) is 17.5 Å². The average molecular weight is 575 g/mol. The maximum atomic E-state index is 16.5. The summed E-state index contributed by atoms with van der Waals surface area (Å²) in [6.45, 7) is 2.57. The number of halogens is 4. The number of nitrogens with one attached hydrogen (secondary N) is 1. The molecule has 4 aliphatic heterocycles. The normalized spacial score (nSPS) is 26.8. The van der Waals surface area contributed by atoms with Crippen LogP contribution in [-0.2, 0) is 0 Å². The van der Waals surface area contributed by atoms with Gasteiger partial charge in [0.05, 0.1) is 10.9 Å². The maximum Gasteiger partial charge on any atom is 0.207 e. The zero-order valence-corrected chi connectivity index (χ0v) is 22.5. The molecule has 4 atom stereocenters. The zero-order chi connectivity index (χ0) is 28.7. The fraction of sp³-hybridized carbons (Fsp3) is 0.387. The number of rotatable bonds is 2. The molecule has 2 aromatic carbocycles. The van der Waals surface area contributed by atoms with Crippen LogP contribution in [0.5, 0.6) is 5.75 Å². The monoisotopic (exact) mass is 574 g/mol. The summed E-state index contributed by atoms with van der Waals surface area (Å²) in [5.41, 5.74) is -1.02. The highest BCUT2D eigenvalue weighted by Crippen LogP contribution is 2.41. The fourth-order valence-corrected chi connectivity index (χ4v) is 7.36. The van der Waals surface area contributed by atoms with E-state index in [1.165, 1.54) is 18.3 Å². The van der Waals surface area contributed by atoms with E-state index in [-0.39, 0.29) is 51.2 Å². The van der Waals surface area contributed by atoms with Crippen molar-refractivity contribution in [2.24, 2.45) is 0 Å². The van der Waals surface area contributed by atoms with Crippen LogP contribution in [0.1, 0.15) is 31.5 Å². The summed E-state index contributed by atoms with van der Waals surface area (Å²) in [4.78, 5) is 17.8. The smallest absolute Gasteiger partial charge is 0.207 e. The minimum absolute atomic E-state index is 0.0612. The Morgan fingerprint density at radius 3 is 2.79 bits per heavy atom. The molecule has 2 N–H and O–H groups in total. The largest absolute Gasteiger partial charge is 0.508 e. The molecule has 7 nitrogen and oxygen atoms in total. The van der Waals surface area contributed by atoms with Crippen molar-refractivity contribution in [1.82, 2.24) is 25.2 Å². The first-order valence-electron chi connectivity index (χ1n) is 14.2. The summed E-state index contributed by atoms with van der Waals surface area (Å²) < 4.78 is 60.1. The topological polar surface area (TPSA) is 77.4 Å². The molecule has 214 valence electrons. The molecule has 4 saturated heterocycles. The van der Waals surface area contributed by atoms with Gasteiger partial charge in [-0.3, -0.25) is 9.88 Å². The molecule has 0 unspecified atom stereocenters. The molecule has 6 heterocycles. The third-order valence-corrected chi connectivity index (χ3v) is 9.25. The Kier molecular flexibility index (Phi) is 5.65. The van der Waals surface area contributed by atoms with E-state index in [0.29, 0.717) is 30.7 Å². The van der Waals surface area contributed by atoms with Gasteiger partial charge in [-0.15, -0.1) is 0 Å². The van der Waals surface area contributed by atoms with E-state index in [1.54, 1.807) is 0 Å². The number of phenolic OH excluding ortho intramolecular Hbond substituents is 1. The number of alkyl halides is 1. The Morgan fingerprint density at radius 1 is 1.10 bits per heavy atom. The lowest BCUT2D eigenvalue weighted by atomic mass is 9.94. The van der Waals surface area contributed by atoms with Crippen LogP contribution in [0.2, 0.25) is 0 Å². The molecule has 4 aromatic rings. The number of phenols is 1. The van der Waals surface area contributed by atoms with E-state index in [9.17, 15) is 13.9 Å². The standard InChI is InChI=1S/C31H26F4N6O/c32-17-11-31(5-1-7-40(31)14-17)6-4-24-38-29-22(30(39-24)41-15-18-9-19(41)12-36-18)13-37-28(27(29)35)21-10-20(42)8-16-2-3-23(33)26(34)25(16)21/h2-3,8,10,13,17-19,36,42H,1,5,7,9,11-12,14-15H2/t17-,18-,19-,31-/m1/s1. The van der Waals surface area contributed by atoms with Crippen molar-refractivity contribution in [3.05, 3.63) is 53.7 Å². The van der Waals surface area contributed by atoms with Crippen LogP contribution in [-0.4, -0.2) is 74.9 Å². The number of hydrogen-bond donors (Lipinski definition) is 2. The Morgan fingerprint density at radius 2 is 1.98 bits per heavy atom. The van der Waals surface area contributed by atoms with Crippen LogP contribution in [0.15, 0.2) is 30.5 Å². The minimum Gasteiger partial charge on any atom is -0.508 e. The van der Waals surface area contributed by atoms with Gasteiger partial charge in [0.25, 0.3) is 0 Å². The first-order chi connectivity index (χ1) is 20.3. The second-order valence-corrected chi connectivity index (χ2v) is 11.8. The first kappa shape index (κ1) is 25.7. The van der Waals surface area contributed by atoms with E-state index in [1.807, 2.05) is 0 Å². The second-order valence-electron chi connectivity index (χ2n) is 11.8. The molecule has 8 rings (SSSR count). The number of pyridine rings is 1. The van der Waals surface area contributed by atoms with Crippen LogP contribution in [0.25, 0.3) is 32.9 Å². The van der Waals surface area contributed by atoms with E-state index in [4.69, 9.17) is 4.98 Å². The molecule has 2 bridgehead atoms. The Labute approximate surface area is 238 Å². The first-order valence-corrected chi connectivity index (χ1v) is 14.2. The van der Waals surface area contributed by atoms with Crippen molar-refractivity contribution in [2.75, 3.05) is 31.1 Å². The van der Waals surface area contributed by atoms with Gasteiger partial charge in [0, 0.05) is 55.3 Å². The third-order valence-electron chi connectivity index (χ3n) is 9.25. The van der Waals surface area contributed by atoms with Crippen LogP contribution < -0.4 is 10.2 Å². The van der Waals surface area contributed by atoms with Crippen molar-refractivity contribution >= 4 is 27.5 Å². The molecule has 0 spiro atoms. The summed E-state index contributed by atoms with van der Waals surface area (Å²) in [6.07, 6.45) is 3.40. The molecule has 0 radical (unpaired) electrons. The van der Waals surface area contributed by atoms with Crippen LogP contribution >= 0.6 is 0 Å². The number of hydrogen-bond acceptors (Lipinski definition) is 7. The van der Waals surface area contributed by atoms with E-state index in [2.05, 4.69) is 36.9 Å². The molecule has 0 aliphatic carbocycles. The number of aromatic hydroxyl groups is 1. The summed E-state index contributed by atoms with van der Waals surface area (Å²) in [5, 5.41) is 14.2. The summed E-state index contributed by atoms with van der Waals surface area (Å²) in [6, 6.07) is 5.16. The molecule has 0 amide bonds. The molecule has 42 heavy (non-hydrogen) atoms. The number of benzene rings is 2. The quantitative estimate of drug-likeness (QED) is 0.271. The zero-order valence-electron chi connectivity index (χ0n) is 22.5. The Hall–Kier alpha value is -4.01. The lowest BCUT2D eigenvalue weighted by Gasteiger charge is -2.29. The summed E-state index contributed by atoms with van der Waals surface area (Å²) in [7, 11) is 0. The van der Waals surface area contributed by atoms with Gasteiger partial charge in [-0.25, -0.2) is 27.5 Å². The average Bonchev–Trinajstić information content (AvgIpc) is 3.75. The fourth-order valence-electron chi connectivity index (χ4n) is 7.36. The predicted octanol–water partition coefficient (Wildman–Crippen LogP) is 4.45. The second kappa shape index (κ2) is 9.24. The van der Waals surface area contributed by atoms with Crippen LogP contribution in [0, 0.1) is 29.3 Å². The van der Waals surface area contributed by atoms with Crippen molar-refractivity contribution < 1.29 is 22.7 Å². The highest BCUT2D eigenvalue weighted by molar-refractivity contribution is 6.00. The van der Waals surface area contributed by atoms with E-state index < -0.39 is 29.2 Å². The molecular weight excluding hydrogens is 548 g/mol. The van der Waals surface area contributed by atoms with Crippen LogP contribution in [0.3, 0.4) is 0 Å². The Bertz CT molecular complexity index is 1860. The molecule has 0 saturated carbocycles. The van der Waals surface area contributed by atoms with Gasteiger partial charge < -0.3 is 15.3 Å². The predicted molar refractivity (Wildman–Crippen MR) is 149 cm³/mol. The maximum absolute atomic E-state index is 16.5. The SMILES string of the molecule is Oc1cc(-c2ncc3c(N4C[C@H]5C[C@@H]4CN5)nc(C#C[C@@]45CCCN4C[C@H](F)C5)nc3c2F)c2c(F)c(F)ccc2c1. The number of aromatic nitrogens is 3. The summed E-state index contributed by atoms with van der Waals surface area (Å²) >= 11 is 0.